The van der Waals surface area contributed by atoms with E-state index in [0.717, 1.165) is 0 Å². The maximum Gasteiger partial charge on any atom is 0.129 e. The fraction of sp³-hybridized carbons (Fsp3) is 0.538. The van der Waals surface area contributed by atoms with Gasteiger partial charge in [0.1, 0.15) is 5.78 Å². The van der Waals surface area contributed by atoms with Crippen molar-refractivity contribution in [1.29, 1.82) is 0 Å². The van der Waals surface area contributed by atoms with E-state index in [0.29, 0.717) is 18.3 Å². The summed E-state index contributed by atoms with van der Waals surface area (Å²) in [6, 6.07) is 6.63. The van der Waals surface area contributed by atoms with E-state index >= 15 is 0 Å². The van der Waals surface area contributed by atoms with E-state index in [4.69, 9.17) is 0 Å². The van der Waals surface area contributed by atoms with Crippen LogP contribution in [0.15, 0.2) is 47.0 Å². The lowest BCUT2D eigenvalue weighted by atomic mass is 9.92. The number of aryl methyl sites for hydroxylation is 1. The Morgan fingerprint density at radius 1 is 1.21 bits per heavy atom. The predicted molar refractivity (Wildman–Crippen MR) is 126 cm³/mol. The lowest BCUT2D eigenvalue weighted by Crippen LogP contribution is -2.03. The molecule has 0 N–H and O–H groups in total. The minimum atomic E-state index is 0.255. The van der Waals surface area contributed by atoms with E-state index in [1.165, 1.54) is 40.8 Å². The van der Waals surface area contributed by atoms with Crippen molar-refractivity contribution < 1.29 is 4.79 Å². The Labute approximate surface area is 173 Å². The first-order valence-electron chi connectivity index (χ1n) is 10.5. The van der Waals surface area contributed by atoms with Crippen molar-refractivity contribution in [2.24, 2.45) is 10.9 Å². The van der Waals surface area contributed by atoms with E-state index in [-0.39, 0.29) is 5.78 Å². The third-order valence-corrected chi connectivity index (χ3v) is 4.84. The van der Waals surface area contributed by atoms with E-state index in [9.17, 15) is 4.79 Å². The fourth-order valence-electron chi connectivity index (χ4n) is 2.85. The number of benzene rings is 1. The lowest BCUT2D eigenvalue weighted by Gasteiger charge is -2.13. The van der Waals surface area contributed by atoms with Crippen molar-refractivity contribution in [3.8, 4) is 0 Å². The van der Waals surface area contributed by atoms with Crippen LogP contribution in [0.25, 0.3) is 0 Å². The number of aliphatic imine (C=N–C) groups is 1. The van der Waals surface area contributed by atoms with Gasteiger partial charge in [0.05, 0.1) is 0 Å². The Morgan fingerprint density at radius 3 is 2.18 bits per heavy atom. The van der Waals surface area contributed by atoms with Crippen LogP contribution in [0.2, 0.25) is 0 Å². The monoisotopic (exact) mass is 383 g/mol. The molecule has 1 atom stereocenters. The van der Waals surface area contributed by atoms with Gasteiger partial charge in [-0.05, 0) is 76.1 Å². The number of allylic oxidation sites excluding steroid dienone is 4. The van der Waals surface area contributed by atoms with Crippen LogP contribution < -0.4 is 0 Å². The molecule has 1 aliphatic rings. The number of carbonyl (C=O) groups excluding carboxylic acids is 1. The van der Waals surface area contributed by atoms with Gasteiger partial charge in [-0.1, -0.05) is 56.7 Å². The molecular weight excluding hydrogens is 342 g/mol. The molecule has 0 saturated heterocycles. The molecule has 2 nitrogen and oxygen atoms in total. The van der Waals surface area contributed by atoms with Crippen LogP contribution in [0.3, 0.4) is 0 Å². The Kier molecular flexibility index (Phi) is 13.1. The minimum absolute atomic E-state index is 0.255. The van der Waals surface area contributed by atoms with Crippen LogP contribution in [-0.4, -0.2) is 18.5 Å². The lowest BCUT2D eigenvalue weighted by molar-refractivity contribution is -0.116. The summed E-state index contributed by atoms with van der Waals surface area (Å²) in [6.07, 6.45) is 9.99. The highest BCUT2D eigenvalue weighted by atomic mass is 16.1. The molecule has 0 saturated carbocycles. The molecule has 0 bridgehead atoms. The van der Waals surface area contributed by atoms with Gasteiger partial charge < -0.3 is 4.79 Å². The predicted octanol–water partition coefficient (Wildman–Crippen LogP) is 7.40. The van der Waals surface area contributed by atoms with Crippen molar-refractivity contribution in [2.45, 2.75) is 80.6 Å². The summed E-state index contributed by atoms with van der Waals surface area (Å²) >= 11 is 0. The van der Waals surface area contributed by atoms with Crippen LogP contribution in [0.5, 0.6) is 0 Å². The zero-order valence-electron chi connectivity index (χ0n) is 19.6. The largest absolute Gasteiger partial charge is 0.300 e. The zero-order chi connectivity index (χ0) is 21.7. The highest BCUT2D eigenvalue weighted by molar-refractivity contribution is 5.96. The number of ketones is 1. The minimum Gasteiger partial charge on any atom is -0.300 e. The van der Waals surface area contributed by atoms with Crippen molar-refractivity contribution in [3.05, 3.63) is 58.7 Å². The second-order valence-corrected chi connectivity index (χ2v) is 7.98. The highest BCUT2D eigenvalue weighted by Gasteiger charge is 2.13. The van der Waals surface area contributed by atoms with Crippen molar-refractivity contribution in [2.75, 3.05) is 7.05 Å². The second-order valence-electron chi connectivity index (χ2n) is 7.98. The number of hydrogen-bond acceptors (Lipinski definition) is 2. The first-order chi connectivity index (χ1) is 13.1. The second kappa shape index (κ2) is 14.1. The number of carbonyl (C=O) groups is 1. The summed E-state index contributed by atoms with van der Waals surface area (Å²) in [4.78, 5) is 14.0. The van der Waals surface area contributed by atoms with Crippen molar-refractivity contribution in [3.63, 3.8) is 0 Å². The first kappa shape index (κ1) is 26.0. The maximum atomic E-state index is 9.81. The molecular formula is C26H41NO. The number of Topliss-reactive ketones (excluding diaryl/α,β-unsaturated/α-hetero) is 1. The molecule has 28 heavy (non-hydrogen) atoms. The van der Waals surface area contributed by atoms with Crippen LogP contribution in [-0.2, 0) is 4.79 Å². The van der Waals surface area contributed by atoms with E-state index in [2.05, 4.69) is 83.0 Å². The van der Waals surface area contributed by atoms with Crippen molar-refractivity contribution in [1.82, 2.24) is 0 Å². The molecule has 1 aliphatic carbocycles. The summed E-state index contributed by atoms with van der Waals surface area (Å²) in [5, 5.41) is 0. The van der Waals surface area contributed by atoms with Crippen LogP contribution in [0, 0.1) is 19.8 Å². The van der Waals surface area contributed by atoms with Gasteiger partial charge in [-0.3, -0.25) is 4.99 Å². The summed E-state index contributed by atoms with van der Waals surface area (Å²) in [5.41, 5.74) is 6.90. The fourth-order valence-corrected chi connectivity index (χ4v) is 2.85. The van der Waals surface area contributed by atoms with Gasteiger partial charge in [-0.2, -0.15) is 0 Å². The summed E-state index contributed by atoms with van der Waals surface area (Å²) in [7, 11) is 1.84. The molecule has 0 amide bonds. The number of nitrogens with zero attached hydrogens (tertiary/aromatic N) is 1. The van der Waals surface area contributed by atoms with E-state index < -0.39 is 0 Å². The molecule has 2 rings (SSSR count). The van der Waals surface area contributed by atoms with Crippen LogP contribution in [0.4, 0.5) is 0 Å². The quantitative estimate of drug-likeness (QED) is 0.393. The highest BCUT2D eigenvalue weighted by Crippen LogP contribution is 2.31. The normalized spacial score (nSPS) is 15.4. The van der Waals surface area contributed by atoms with Gasteiger partial charge in [0.2, 0.25) is 0 Å². The van der Waals surface area contributed by atoms with Crippen molar-refractivity contribution >= 4 is 11.5 Å². The Hall–Kier alpha value is -1.96. The summed E-state index contributed by atoms with van der Waals surface area (Å²) < 4.78 is 0. The van der Waals surface area contributed by atoms with Gasteiger partial charge in [-0.25, -0.2) is 0 Å². The number of rotatable bonds is 4. The Balaban J connectivity index is 0.000000434. The van der Waals surface area contributed by atoms with E-state index in [1.54, 1.807) is 6.92 Å². The third kappa shape index (κ3) is 10.4. The Bertz CT molecular complexity index is 688. The Morgan fingerprint density at radius 2 is 1.82 bits per heavy atom. The molecule has 2 heteroatoms. The maximum absolute atomic E-state index is 9.81. The molecule has 156 valence electrons. The smallest absolute Gasteiger partial charge is 0.129 e. The average molecular weight is 384 g/mol. The molecule has 1 aromatic carbocycles. The molecule has 0 fully saturated rings. The van der Waals surface area contributed by atoms with Gasteiger partial charge in [0.15, 0.2) is 0 Å². The first-order valence-corrected chi connectivity index (χ1v) is 10.5. The van der Waals surface area contributed by atoms with E-state index in [1.807, 2.05) is 14.0 Å². The van der Waals surface area contributed by atoms with Gasteiger partial charge >= 0.3 is 0 Å². The molecule has 1 aromatic rings. The standard InChI is InChI=1S/C13H16.C9H17N.C4H8O/c1-10-6-5-9-13(11(10)2)12-7-3-4-8-12;1-7(2)6-9(10-5)8(3)4;1-3-4(2)5/h3,5-7,9,12H,4,8H2,1-2H3;6,8H,1-5H3;3H2,1-2H3. The summed E-state index contributed by atoms with van der Waals surface area (Å²) in [5.74, 6) is 1.48. The van der Waals surface area contributed by atoms with Crippen LogP contribution in [0.1, 0.15) is 83.4 Å². The van der Waals surface area contributed by atoms with Gasteiger partial charge in [-0.15, -0.1) is 0 Å². The van der Waals surface area contributed by atoms with Gasteiger partial charge in [0.25, 0.3) is 0 Å². The van der Waals surface area contributed by atoms with Crippen LogP contribution >= 0.6 is 0 Å². The topological polar surface area (TPSA) is 29.4 Å². The summed E-state index contributed by atoms with van der Waals surface area (Å²) in [6.45, 7) is 16.3. The SMILES string of the molecule is CCC(C)=O.CN=C(C=C(C)C)C(C)C.Cc1cccc(C2C=CCC2)c1C. The molecule has 1 unspecified atom stereocenters. The molecule has 0 heterocycles. The molecule has 0 spiro atoms. The molecule has 0 aromatic heterocycles. The molecule has 0 radical (unpaired) electrons. The third-order valence-electron chi connectivity index (χ3n) is 4.84. The number of hydrogen-bond donors (Lipinski definition) is 0. The zero-order valence-corrected chi connectivity index (χ0v) is 19.6. The van der Waals surface area contributed by atoms with Gasteiger partial charge in [0, 0.05) is 25.1 Å². The molecule has 0 aliphatic heterocycles. The average Bonchev–Trinajstić information content (AvgIpc) is 3.17.